The molecule has 0 bridgehead atoms. The summed E-state index contributed by atoms with van der Waals surface area (Å²) in [6.07, 6.45) is 4.97. The van der Waals surface area contributed by atoms with E-state index in [1.54, 1.807) is 17.3 Å². The molecule has 0 aliphatic rings. The van der Waals surface area contributed by atoms with Crippen LogP contribution in [-0.4, -0.2) is 54.4 Å². The number of hydrogen-bond acceptors (Lipinski definition) is 4. The molecule has 5 nitrogen and oxygen atoms in total. The lowest BCUT2D eigenvalue weighted by atomic mass is 10.2. The predicted octanol–water partition coefficient (Wildman–Crippen LogP) is 0.711. The van der Waals surface area contributed by atoms with Gasteiger partial charge in [-0.3, -0.25) is 9.78 Å². The molecule has 19 heavy (non-hydrogen) atoms. The summed E-state index contributed by atoms with van der Waals surface area (Å²) in [5.74, 6) is 0.176. The molecular weight excluding hydrogens is 240 g/mol. The fraction of sp³-hybridized carbons (Fsp3) is 0.571. The summed E-state index contributed by atoms with van der Waals surface area (Å²) in [7, 11) is 3.86. The molecule has 106 valence electrons. The van der Waals surface area contributed by atoms with Crippen LogP contribution in [0.1, 0.15) is 18.4 Å². The third-order valence-electron chi connectivity index (χ3n) is 3.03. The van der Waals surface area contributed by atoms with E-state index in [0.29, 0.717) is 13.0 Å². The molecule has 0 fully saturated rings. The summed E-state index contributed by atoms with van der Waals surface area (Å²) < 4.78 is 0. The molecule has 1 heterocycles. The Balaban J connectivity index is 2.26. The van der Waals surface area contributed by atoms with Gasteiger partial charge in [-0.15, -0.1) is 0 Å². The Labute approximate surface area is 115 Å². The first-order valence-electron chi connectivity index (χ1n) is 6.65. The van der Waals surface area contributed by atoms with Crippen molar-refractivity contribution in [3.63, 3.8) is 0 Å². The molecule has 0 aromatic carbocycles. The van der Waals surface area contributed by atoms with Crippen LogP contribution < -0.4 is 5.73 Å². The van der Waals surface area contributed by atoms with E-state index < -0.39 is 0 Å². The average molecular weight is 264 g/mol. The number of carbonyl (C=O) groups is 1. The maximum Gasteiger partial charge on any atom is 0.223 e. The minimum absolute atomic E-state index is 0.176. The second kappa shape index (κ2) is 8.61. The van der Waals surface area contributed by atoms with Gasteiger partial charge in [-0.25, -0.2) is 0 Å². The fourth-order valence-electron chi connectivity index (χ4n) is 1.81. The average Bonchev–Trinajstić information content (AvgIpc) is 2.43. The van der Waals surface area contributed by atoms with E-state index in [0.717, 1.165) is 26.1 Å². The normalized spacial score (nSPS) is 10.7. The summed E-state index contributed by atoms with van der Waals surface area (Å²) in [5.41, 5.74) is 6.64. The summed E-state index contributed by atoms with van der Waals surface area (Å²) >= 11 is 0. The molecule has 0 aliphatic carbocycles. The Morgan fingerprint density at radius 1 is 1.26 bits per heavy atom. The summed E-state index contributed by atoms with van der Waals surface area (Å²) in [6, 6.07) is 3.98. The maximum atomic E-state index is 11.9. The van der Waals surface area contributed by atoms with Crippen LogP contribution in [0.15, 0.2) is 24.5 Å². The number of amides is 1. The molecule has 0 spiro atoms. The Morgan fingerprint density at radius 3 is 2.58 bits per heavy atom. The highest BCUT2D eigenvalue weighted by atomic mass is 16.2. The van der Waals surface area contributed by atoms with Gasteiger partial charge in [0.1, 0.15) is 0 Å². The molecule has 5 heteroatoms. The highest BCUT2D eigenvalue weighted by molar-refractivity contribution is 5.76. The Kier molecular flexibility index (Phi) is 7.07. The maximum absolute atomic E-state index is 11.9. The zero-order chi connectivity index (χ0) is 14.1. The first-order chi connectivity index (χ1) is 9.13. The molecule has 0 saturated heterocycles. The number of aromatic nitrogens is 1. The van der Waals surface area contributed by atoms with Crippen molar-refractivity contribution in [2.75, 3.05) is 33.7 Å². The van der Waals surface area contributed by atoms with Gasteiger partial charge in [0.25, 0.3) is 0 Å². The molecule has 0 atom stereocenters. The molecule has 1 amide bonds. The van der Waals surface area contributed by atoms with Crippen molar-refractivity contribution in [3.05, 3.63) is 30.1 Å². The van der Waals surface area contributed by atoms with Gasteiger partial charge in [0.05, 0.1) is 0 Å². The number of pyridine rings is 1. The van der Waals surface area contributed by atoms with E-state index in [1.165, 1.54) is 5.56 Å². The monoisotopic (exact) mass is 264 g/mol. The van der Waals surface area contributed by atoms with Crippen LogP contribution in [0.25, 0.3) is 0 Å². The largest absolute Gasteiger partial charge is 0.346 e. The molecule has 0 saturated carbocycles. The number of rotatable bonds is 8. The van der Waals surface area contributed by atoms with Crippen molar-refractivity contribution in [2.24, 2.45) is 5.73 Å². The van der Waals surface area contributed by atoms with E-state index in [1.807, 2.05) is 26.2 Å². The van der Waals surface area contributed by atoms with E-state index in [2.05, 4.69) is 9.88 Å². The van der Waals surface area contributed by atoms with Gasteiger partial charge >= 0.3 is 0 Å². The van der Waals surface area contributed by atoms with Crippen LogP contribution in [0, 0.1) is 0 Å². The molecule has 1 rings (SSSR count). The summed E-state index contributed by atoms with van der Waals surface area (Å²) in [5, 5.41) is 0. The highest BCUT2D eigenvalue weighted by Gasteiger charge is 2.09. The predicted molar refractivity (Wildman–Crippen MR) is 76.5 cm³/mol. The van der Waals surface area contributed by atoms with Crippen LogP contribution in [0.4, 0.5) is 0 Å². The lowest BCUT2D eigenvalue weighted by Crippen LogP contribution is -2.32. The van der Waals surface area contributed by atoms with Gasteiger partial charge in [-0.2, -0.15) is 0 Å². The zero-order valence-electron chi connectivity index (χ0n) is 11.9. The minimum atomic E-state index is 0.176. The first-order valence-corrected chi connectivity index (χ1v) is 6.65. The van der Waals surface area contributed by atoms with Gasteiger partial charge < -0.3 is 15.5 Å². The van der Waals surface area contributed by atoms with E-state index >= 15 is 0 Å². The quantitative estimate of drug-likeness (QED) is 0.751. The molecular formula is C14H24N4O. The van der Waals surface area contributed by atoms with Crippen molar-refractivity contribution < 1.29 is 4.79 Å². The number of nitrogens with two attached hydrogens (primary N) is 1. The van der Waals surface area contributed by atoms with E-state index in [9.17, 15) is 4.79 Å². The third kappa shape index (κ3) is 6.31. The minimum Gasteiger partial charge on any atom is -0.346 e. The lowest BCUT2D eigenvalue weighted by Gasteiger charge is -2.20. The number of nitrogens with zero attached hydrogens (tertiary/aromatic N) is 3. The van der Waals surface area contributed by atoms with Crippen LogP contribution in [-0.2, 0) is 11.3 Å². The van der Waals surface area contributed by atoms with Crippen LogP contribution in [0.5, 0.6) is 0 Å². The molecule has 0 unspecified atom stereocenters. The number of hydrogen-bond donors (Lipinski definition) is 1. The topological polar surface area (TPSA) is 62.5 Å². The van der Waals surface area contributed by atoms with Gasteiger partial charge in [0, 0.05) is 45.5 Å². The van der Waals surface area contributed by atoms with E-state index in [4.69, 9.17) is 5.73 Å². The molecule has 1 aromatic heterocycles. The standard InChI is InChI=1S/C14H24N4O/c1-17(12-13-4-8-16-9-5-13)11-6-14(19)18(2)10-3-7-15/h4-5,8-9H,3,6-7,10-12,15H2,1-2H3. The summed E-state index contributed by atoms with van der Waals surface area (Å²) in [4.78, 5) is 19.7. The smallest absolute Gasteiger partial charge is 0.223 e. The van der Waals surface area contributed by atoms with Gasteiger partial charge in [-0.05, 0) is 37.7 Å². The Hall–Kier alpha value is -1.46. The molecule has 2 N–H and O–H groups in total. The summed E-state index contributed by atoms with van der Waals surface area (Å²) in [6.45, 7) is 2.96. The third-order valence-corrected chi connectivity index (χ3v) is 3.03. The van der Waals surface area contributed by atoms with Gasteiger partial charge in [0.2, 0.25) is 5.91 Å². The van der Waals surface area contributed by atoms with Crippen molar-refractivity contribution in [2.45, 2.75) is 19.4 Å². The SMILES string of the molecule is CN(CCC(=O)N(C)CCCN)Cc1ccncc1. The zero-order valence-corrected chi connectivity index (χ0v) is 11.9. The fourth-order valence-corrected chi connectivity index (χ4v) is 1.81. The second-order valence-electron chi connectivity index (χ2n) is 4.80. The Bertz CT molecular complexity index is 369. The number of carbonyl (C=O) groups excluding carboxylic acids is 1. The van der Waals surface area contributed by atoms with Gasteiger partial charge in [0.15, 0.2) is 0 Å². The lowest BCUT2D eigenvalue weighted by molar-refractivity contribution is -0.130. The van der Waals surface area contributed by atoms with Gasteiger partial charge in [-0.1, -0.05) is 0 Å². The van der Waals surface area contributed by atoms with Crippen molar-refractivity contribution in [1.29, 1.82) is 0 Å². The molecule has 0 radical (unpaired) electrons. The highest BCUT2D eigenvalue weighted by Crippen LogP contribution is 2.02. The second-order valence-corrected chi connectivity index (χ2v) is 4.80. The van der Waals surface area contributed by atoms with Crippen molar-refractivity contribution in [3.8, 4) is 0 Å². The molecule has 1 aromatic rings. The van der Waals surface area contributed by atoms with E-state index in [-0.39, 0.29) is 5.91 Å². The molecule has 0 aliphatic heterocycles. The van der Waals surface area contributed by atoms with Crippen molar-refractivity contribution in [1.82, 2.24) is 14.8 Å². The van der Waals surface area contributed by atoms with Crippen LogP contribution in [0.3, 0.4) is 0 Å². The van der Waals surface area contributed by atoms with Crippen LogP contribution in [0.2, 0.25) is 0 Å². The van der Waals surface area contributed by atoms with Crippen LogP contribution >= 0.6 is 0 Å². The Morgan fingerprint density at radius 2 is 1.95 bits per heavy atom. The first kappa shape index (κ1) is 15.6. The van der Waals surface area contributed by atoms with Crippen molar-refractivity contribution >= 4 is 5.91 Å².